The number of aromatic nitrogens is 1. The molecule has 35 heavy (non-hydrogen) atoms. The van der Waals surface area contributed by atoms with E-state index in [4.69, 9.17) is 14.2 Å². The van der Waals surface area contributed by atoms with Crippen LogP contribution in [0.1, 0.15) is 24.0 Å². The summed E-state index contributed by atoms with van der Waals surface area (Å²) in [6, 6.07) is 9.93. The number of imide groups is 1. The molecule has 182 valence electrons. The maximum Gasteiger partial charge on any atom is 0.325 e. The van der Waals surface area contributed by atoms with Gasteiger partial charge in [-0.2, -0.15) is 0 Å². The molecular formula is C25H26N4O6. The molecule has 0 aliphatic carbocycles. The van der Waals surface area contributed by atoms with Crippen molar-refractivity contribution in [3.05, 3.63) is 53.7 Å². The Hall–Kier alpha value is -4.21. The molecule has 3 heterocycles. The first-order valence-corrected chi connectivity index (χ1v) is 11.4. The molecule has 4 amide bonds. The fraction of sp³-hybridized carbons (Fsp3) is 0.320. The molecular weight excluding hydrogens is 452 g/mol. The Morgan fingerprint density at radius 3 is 2.89 bits per heavy atom. The van der Waals surface area contributed by atoms with Gasteiger partial charge in [0.15, 0.2) is 11.5 Å². The van der Waals surface area contributed by atoms with Crippen LogP contribution in [0.25, 0.3) is 10.9 Å². The predicted octanol–water partition coefficient (Wildman–Crippen LogP) is 2.46. The number of fused-ring (bicyclic) bond motifs is 2. The number of nitrogens with zero attached hydrogens (tertiary/aromatic N) is 1. The molecule has 3 N–H and O–H groups in total. The minimum Gasteiger partial charge on any atom is -0.497 e. The molecule has 0 unspecified atom stereocenters. The van der Waals surface area contributed by atoms with Gasteiger partial charge in [0.2, 0.25) is 12.7 Å². The number of aromatic amines is 1. The smallest absolute Gasteiger partial charge is 0.325 e. The number of urea groups is 1. The first-order valence-electron chi connectivity index (χ1n) is 11.4. The van der Waals surface area contributed by atoms with Crippen molar-refractivity contribution in [1.82, 2.24) is 20.5 Å². The molecule has 1 saturated heterocycles. The minimum absolute atomic E-state index is 0.124. The largest absolute Gasteiger partial charge is 0.497 e. The van der Waals surface area contributed by atoms with Gasteiger partial charge in [0.05, 0.1) is 13.7 Å². The fourth-order valence-electron chi connectivity index (χ4n) is 4.34. The number of benzene rings is 2. The predicted molar refractivity (Wildman–Crippen MR) is 126 cm³/mol. The van der Waals surface area contributed by atoms with Crippen molar-refractivity contribution in [1.29, 1.82) is 0 Å². The molecule has 1 aromatic heterocycles. The van der Waals surface area contributed by atoms with Crippen LogP contribution in [0.15, 0.2) is 42.6 Å². The van der Waals surface area contributed by atoms with E-state index in [0.717, 1.165) is 32.7 Å². The maximum absolute atomic E-state index is 12.8. The second kappa shape index (κ2) is 9.57. The Labute approximate surface area is 201 Å². The Bertz CT molecular complexity index is 1290. The average molecular weight is 479 g/mol. The van der Waals surface area contributed by atoms with Gasteiger partial charge in [-0.25, -0.2) is 4.79 Å². The summed E-state index contributed by atoms with van der Waals surface area (Å²) in [5.41, 5.74) is 2.84. The number of hydrogen-bond donors (Lipinski definition) is 3. The summed E-state index contributed by atoms with van der Waals surface area (Å²) in [7, 11) is 1.63. The van der Waals surface area contributed by atoms with Gasteiger partial charge in [-0.1, -0.05) is 6.07 Å². The van der Waals surface area contributed by atoms with Crippen LogP contribution in [0.5, 0.6) is 17.2 Å². The molecule has 0 spiro atoms. The van der Waals surface area contributed by atoms with Gasteiger partial charge in [0.1, 0.15) is 11.8 Å². The highest BCUT2D eigenvalue weighted by Crippen LogP contribution is 2.33. The highest BCUT2D eigenvalue weighted by Gasteiger charge is 2.38. The second-order valence-electron chi connectivity index (χ2n) is 8.48. The van der Waals surface area contributed by atoms with E-state index in [1.165, 1.54) is 0 Å². The van der Waals surface area contributed by atoms with E-state index in [0.29, 0.717) is 24.5 Å². The molecule has 2 aliphatic heterocycles. The SMILES string of the molecule is COc1ccc2[nH]cc(CCNC(=O)CC[C@H]3NC(=O)N(Cc4ccc5c(c4)OCO5)C3=O)c2c1. The zero-order valence-corrected chi connectivity index (χ0v) is 19.3. The maximum atomic E-state index is 12.8. The normalized spacial score (nSPS) is 16.6. The lowest BCUT2D eigenvalue weighted by atomic mass is 10.1. The van der Waals surface area contributed by atoms with Crippen LogP contribution in [0, 0.1) is 0 Å². The fourth-order valence-corrected chi connectivity index (χ4v) is 4.34. The van der Waals surface area contributed by atoms with Crippen molar-refractivity contribution in [3.8, 4) is 17.2 Å². The minimum atomic E-state index is -0.719. The standard InChI is InChI=1S/C25H26N4O6/c1-33-17-3-4-19-18(11-17)16(12-27-19)8-9-26-23(30)7-5-20-24(31)29(25(32)28-20)13-15-2-6-21-22(10-15)35-14-34-21/h2-4,6,10-12,20,27H,5,7-9,13-14H2,1H3,(H,26,30)(H,28,32)/t20-/m1/s1. The topological polar surface area (TPSA) is 122 Å². The highest BCUT2D eigenvalue weighted by molar-refractivity contribution is 6.04. The summed E-state index contributed by atoms with van der Waals surface area (Å²) in [6.07, 6.45) is 2.95. The summed E-state index contributed by atoms with van der Waals surface area (Å²) in [4.78, 5) is 41.8. The average Bonchev–Trinajstić information content (AvgIpc) is 3.56. The van der Waals surface area contributed by atoms with Crippen molar-refractivity contribution in [3.63, 3.8) is 0 Å². The molecule has 0 bridgehead atoms. The van der Waals surface area contributed by atoms with Gasteiger partial charge in [-0.15, -0.1) is 0 Å². The number of amides is 4. The highest BCUT2D eigenvalue weighted by atomic mass is 16.7. The Morgan fingerprint density at radius 1 is 1.17 bits per heavy atom. The van der Waals surface area contributed by atoms with Gasteiger partial charge in [0, 0.05) is 30.1 Å². The van der Waals surface area contributed by atoms with Crippen molar-refractivity contribution >= 4 is 28.7 Å². The van der Waals surface area contributed by atoms with Gasteiger partial charge in [-0.05, 0) is 54.3 Å². The van der Waals surface area contributed by atoms with E-state index >= 15 is 0 Å². The molecule has 2 aromatic carbocycles. The van der Waals surface area contributed by atoms with Crippen molar-refractivity contribution in [2.24, 2.45) is 0 Å². The van der Waals surface area contributed by atoms with Crippen LogP contribution in [0.3, 0.4) is 0 Å². The number of ether oxygens (including phenoxy) is 3. The number of H-pyrrole nitrogens is 1. The second-order valence-corrected chi connectivity index (χ2v) is 8.48. The Morgan fingerprint density at radius 2 is 2.03 bits per heavy atom. The summed E-state index contributed by atoms with van der Waals surface area (Å²) >= 11 is 0. The van der Waals surface area contributed by atoms with Crippen molar-refractivity contribution in [2.75, 3.05) is 20.4 Å². The van der Waals surface area contributed by atoms with Gasteiger partial charge in [0.25, 0.3) is 5.91 Å². The van der Waals surface area contributed by atoms with Crippen LogP contribution in [-0.2, 0) is 22.6 Å². The van der Waals surface area contributed by atoms with Gasteiger partial charge in [-0.3, -0.25) is 14.5 Å². The number of hydrogen-bond acceptors (Lipinski definition) is 6. The van der Waals surface area contributed by atoms with Gasteiger partial charge >= 0.3 is 6.03 Å². The number of carbonyl (C=O) groups is 3. The molecule has 0 radical (unpaired) electrons. The van der Waals surface area contributed by atoms with Crippen molar-refractivity contribution in [2.45, 2.75) is 31.8 Å². The number of nitrogens with one attached hydrogen (secondary N) is 3. The summed E-state index contributed by atoms with van der Waals surface area (Å²) in [5.74, 6) is 1.50. The third-order valence-electron chi connectivity index (χ3n) is 6.24. The lowest BCUT2D eigenvalue weighted by Gasteiger charge is -2.13. The summed E-state index contributed by atoms with van der Waals surface area (Å²) < 4.78 is 15.9. The number of methoxy groups -OCH3 is 1. The quantitative estimate of drug-likeness (QED) is 0.406. The van der Waals surface area contributed by atoms with E-state index in [2.05, 4.69) is 15.6 Å². The Balaban J connectivity index is 1.09. The monoisotopic (exact) mass is 478 g/mol. The third-order valence-corrected chi connectivity index (χ3v) is 6.24. The van der Waals surface area contributed by atoms with E-state index in [9.17, 15) is 14.4 Å². The lowest BCUT2D eigenvalue weighted by Crippen LogP contribution is -2.33. The summed E-state index contributed by atoms with van der Waals surface area (Å²) in [5, 5.41) is 6.62. The molecule has 1 fully saturated rings. The first kappa shape index (κ1) is 22.6. The summed E-state index contributed by atoms with van der Waals surface area (Å²) in [6.45, 7) is 0.742. The molecule has 5 rings (SSSR count). The Kier molecular flexibility index (Phi) is 6.17. The zero-order chi connectivity index (χ0) is 24.4. The van der Waals surface area contributed by atoms with Crippen LogP contribution >= 0.6 is 0 Å². The molecule has 2 aliphatic rings. The first-order chi connectivity index (χ1) is 17.0. The van der Waals surface area contributed by atoms with Crippen LogP contribution in [-0.4, -0.2) is 54.2 Å². The van der Waals surface area contributed by atoms with Crippen molar-refractivity contribution < 1.29 is 28.6 Å². The lowest BCUT2D eigenvalue weighted by molar-refractivity contribution is -0.128. The number of carbonyl (C=O) groups excluding carboxylic acids is 3. The van der Waals surface area contributed by atoms with Crippen LogP contribution in [0.2, 0.25) is 0 Å². The van der Waals surface area contributed by atoms with E-state index in [-0.39, 0.29) is 38.0 Å². The van der Waals surface area contributed by atoms with E-state index in [1.54, 1.807) is 25.3 Å². The molecule has 10 nitrogen and oxygen atoms in total. The van der Waals surface area contributed by atoms with Crippen LogP contribution in [0.4, 0.5) is 4.79 Å². The van der Waals surface area contributed by atoms with Crippen LogP contribution < -0.4 is 24.8 Å². The molecule has 3 aromatic rings. The molecule has 1 atom stereocenters. The molecule has 0 saturated carbocycles. The van der Waals surface area contributed by atoms with Gasteiger partial charge < -0.3 is 29.8 Å². The third kappa shape index (κ3) is 4.72. The molecule has 10 heteroatoms. The van der Waals surface area contributed by atoms with E-state index < -0.39 is 12.1 Å². The number of rotatable bonds is 9. The van der Waals surface area contributed by atoms with E-state index in [1.807, 2.05) is 24.4 Å². The zero-order valence-electron chi connectivity index (χ0n) is 19.3.